The van der Waals surface area contributed by atoms with Crippen LogP contribution in [-0.2, 0) is 7.05 Å². The van der Waals surface area contributed by atoms with Crippen LogP contribution in [0.4, 0.5) is 4.39 Å². The van der Waals surface area contributed by atoms with Crippen LogP contribution in [0.5, 0.6) is 0 Å². The first kappa shape index (κ1) is 9.86. The lowest BCUT2D eigenvalue weighted by atomic mass is 10.1. The predicted octanol–water partition coefficient (Wildman–Crippen LogP) is 1.61. The lowest BCUT2D eigenvalue weighted by Crippen LogP contribution is -2.12. The fraction of sp³-hybridized carbons (Fsp3) is 0.182. The van der Waals surface area contributed by atoms with Crippen LogP contribution in [0.1, 0.15) is 17.3 Å². The lowest BCUT2D eigenvalue weighted by Gasteiger charge is -2.08. The molecule has 78 valence electrons. The molecule has 0 bridgehead atoms. The fourth-order valence-corrected chi connectivity index (χ4v) is 1.44. The molecule has 1 aromatic carbocycles. The third-order valence-corrected chi connectivity index (χ3v) is 2.28. The summed E-state index contributed by atoms with van der Waals surface area (Å²) in [5.74, 6) is -0.257. The molecule has 0 aliphatic rings. The number of rotatable bonds is 2. The Morgan fingerprint density at radius 2 is 1.93 bits per heavy atom. The topological polar surface area (TPSA) is 43.8 Å². The highest BCUT2D eigenvalue weighted by Crippen LogP contribution is 2.17. The Bertz CT molecular complexity index is 447. The molecule has 0 radical (unpaired) electrons. The van der Waals surface area contributed by atoms with Crippen molar-refractivity contribution in [3.8, 4) is 0 Å². The van der Waals surface area contributed by atoms with Crippen LogP contribution in [0.3, 0.4) is 0 Å². The van der Waals surface area contributed by atoms with Gasteiger partial charge in [0.05, 0.1) is 11.7 Å². The monoisotopic (exact) mass is 205 g/mol. The van der Waals surface area contributed by atoms with Gasteiger partial charge in [-0.15, -0.1) is 0 Å². The number of nitrogens with two attached hydrogens (primary N) is 1. The fourth-order valence-electron chi connectivity index (χ4n) is 1.44. The molecule has 0 aliphatic carbocycles. The van der Waals surface area contributed by atoms with Gasteiger partial charge in [0.15, 0.2) is 0 Å². The van der Waals surface area contributed by atoms with Crippen molar-refractivity contribution in [1.82, 2.24) is 9.78 Å². The van der Waals surface area contributed by atoms with E-state index >= 15 is 0 Å². The quantitative estimate of drug-likeness (QED) is 0.809. The summed E-state index contributed by atoms with van der Waals surface area (Å²) in [4.78, 5) is 0. The van der Waals surface area contributed by atoms with Gasteiger partial charge in [-0.2, -0.15) is 5.10 Å². The van der Waals surface area contributed by atoms with E-state index in [1.807, 2.05) is 19.3 Å². The van der Waals surface area contributed by atoms with Gasteiger partial charge in [-0.1, -0.05) is 12.1 Å². The number of aromatic nitrogens is 2. The molecule has 0 amide bonds. The Kier molecular flexibility index (Phi) is 2.51. The Hall–Kier alpha value is -1.68. The maximum atomic E-state index is 12.7. The third-order valence-electron chi connectivity index (χ3n) is 2.28. The number of aryl methyl sites for hydroxylation is 1. The molecular weight excluding hydrogens is 193 g/mol. The minimum Gasteiger partial charge on any atom is -0.319 e. The SMILES string of the molecule is Cn1ccc([C@H](N)c2ccc(F)cc2)n1. The Morgan fingerprint density at radius 3 is 2.47 bits per heavy atom. The highest BCUT2D eigenvalue weighted by Gasteiger charge is 2.11. The number of hydrogen-bond donors (Lipinski definition) is 1. The first-order chi connectivity index (χ1) is 7.16. The normalized spacial score (nSPS) is 12.7. The van der Waals surface area contributed by atoms with E-state index < -0.39 is 0 Å². The van der Waals surface area contributed by atoms with E-state index in [-0.39, 0.29) is 11.9 Å². The van der Waals surface area contributed by atoms with Gasteiger partial charge in [0.2, 0.25) is 0 Å². The molecule has 1 heterocycles. The van der Waals surface area contributed by atoms with E-state index in [1.54, 1.807) is 16.8 Å². The smallest absolute Gasteiger partial charge is 0.123 e. The van der Waals surface area contributed by atoms with E-state index in [9.17, 15) is 4.39 Å². The number of halogens is 1. The maximum absolute atomic E-state index is 12.7. The van der Waals surface area contributed by atoms with Crippen LogP contribution in [-0.4, -0.2) is 9.78 Å². The van der Waals surface area contributed by atoms with Crippen molar-refractivity contribution in [3.05, 3.63) is 53.6 Å². The van der Waals surface area contributed by atoms with Crippen molar-refractivity contribution < 1.29 is 4.39 Å². The maximum Gasteiger partial charge on any atom is 0.123 e. The van der Waals surface area contributed by atoms with E-state index in [0.717, 1.165) is 11.3 Å². The summed E-state index contributed by atoms with van der Waals surface area (Å²) in [6.45, 7) is 0. The van der Waals surface area contributed by atoms with Crippen molar-refractivity contribution in [3.63, 3.8) is 0 Å². The predicted molar refractivity (Wildman–Crippen MR) is 55.6 cm³/mol. The zero-order valence-corrected chi connectivity index (χ0v) is 8.39. The molecule has 0 spiro atoms. The molecule has 15 heavy (non-hydrogen) atoms. The first-order valence-corrected chi connectivity index (χ1v) is 4.67. The van der Waals surface area contributed by atoms with Gasteiger partial charge in [0.1, 0.15) is 5.82 Å². The van der Waals surface area contributed by atoms with E-state index in [0.29, 0.717) is 0 Å². The highest BCUT2D eigenvalue weighted by atomic mass is 19.1. The zero-order chi connectivity index (χ0) is 10.8. The van der Waals surface area contributed by atoms with Gasteiger partial charge in [-0.05, 0) is 23.8 Å². The van der Waals surface area contributed by atoms with Crippen LogP contribution in [0, 0.1) is 5.82 Å². The van der Waals surface area contributed by atoms with Gasteiger partial charge in [0, 0.05) is 13.2 Å². The molecule has 2 rings (SSSR count). The summed E-state index contributed by atoms with van der Waals surface area (Å²) >= 11 is 0. The van der Waals surface area contributed by atoms with Crippen LogP contribution >= 0.6 is 0 Å². The Morgan fingerprint density at radius 1 is 1.27 bits per heavy atom. The minimum absolute atomic E-state index is 0.257. The third kappa shape index (κ3) is 2.05. The van der Waals surface area contributed by atoms with E-state index in [4.69, 9.17) is 5.73 Å². The minimum atomic E-state index is -0.299. The summed E-state index contributed by atoms with van der Waals surface area (Å²) in [7, 11) is 1.83. The summed E-state index contributed by atoms with van der Waals surface area (Å²) in [6.07, 6.45) is 1.83. The van der Waals surface area contributed by atoms with Crippen molar-refractivity contribution in [2.75, 3.05) is 0 Å². The first-order valence-electron chi connectivity index (χ1n) is 4.67. The molecule has 1 atom stereocenters. The standard InChI is InChI=1S/C11H12FN3/c1-15-7-6-10(14-15)11(13)8-2-4-9(12)5-3-8/h2-7,11H,13H2,1H3/t11-/m1/s1. The lowest BCUT2D eigenvalue weighted by molar-refractivity contribution is 0.626. The van der Waals surface area contributed by atoms with Gasteiger partial charge in [-0.3, -0.25) is 4.68 Å². The van der Waals surface area contributed by atoms with Crippen molar-refractivity contribution in [1.29, 1.82) is 0 Å². The van der Waals surface area contributed by atoms with Crippen LogP contribution in [0.25, 0.3) is 0 Å². The van der Waals surface area contributed by atoms with Crippen LogP contribution in [0.15, 0.2) is 36.5 Å². The average molecular weight is 205 g/mol. The molecule has 3 nitrogen and oxygen atoms in total. The number of nitrogens with zero attached hydrogens (tertiary/aromatic N) is 2. The molecule has 2 N–H and O–H groups in total. The van der Waals surface area contributed by atoms with Gasteiger partial charge < -0.3 is 5.73 Å². The Balaban J connectivity index is 2.28. The Labute approximate surface area is 87.3 Å². The molecule has 0 unspecified atom stereocenters. The van der Waals surface area contributed by atoms with Crippen molar-refractivity contribution in [2.24, 2.45) is 12.8 Å². The molecule has 2 aromatic rings. The van der Waals surface area contributed by atoms with Gasteiger partial charge in [-0.25, -0.2) is 4.39 Å². The summed E-state index contributed by atoms with van der Waals surface area (Å²) in [5.41, 5.74) is 7.62. The van der Waals surface area contributed by atoms with Crippen molar-refractivity contribution >= 4 is 0 Å². The van der Waals surface area contributed by atoms with Gasteiger partial charge >= 0.3 is 0 Å². The van der Waals surface area contributed by atoms with Crippen molar-refractivity contribution in [2.45, 2.75) is 6.04 Å². The largest absolute Gasteiger partial charge is 0.319 e. The molecule has 0 saturated heterocycles. The summed E-state index contributed by atoms with van der Waals surface area (Å²) < 4.78 is 14.4. The van der Waals surface area contributed by atoms with E-state index in [1.165, 1.54) is 12.1 Å². The number of benzene rings is 1. The number of hydrogen-bond acceptors (Lipinski definition) is 2. The molecule has 0 saturated carbocycles. The summed E-state index contributed by atoms with van der Waals surface area (Å²) in [6, 6.07) is 7.71. The molecule has 0 aliphatic heterocycles. The average Bonchev–Trinajstić information content (AvgIpc) is 2.65. The van der Waals surface area contributed by atoms with E-state index in [2.05, 4.69) is 5.10 Å². The molecule has 1 aromatic heterocycles. The van der Waals surface area contributed by atoms with Crippen LogP contribution < -0.4 is 5.73 Å². The van der Waals surface area contributed by atoms with Gasteiger partial charge in [0.25, 0.3) is 0 Å². The molecular formula is C11H12FN3. The van der Waals surface area contributed by atoms with Crippen LogP contribution in [0.2, 0.25) is 0 Å². The second kappa shape index (κ2) is 3.82. The second-order valence-corrected chi connectivity index (χ2v) is 3.44. The molecule has 0 fully saturated rings. The molecule has 4 heteroatoms. The zero-order valence-electron chi connectivity index (χ0n) is 8.39. The summed E-state index contributed by atoms with van der Waals surface area (Å²) in [5, 5.41) is 4.21. The highest BCUT2D eigenvalue weighted by molar-refractivity contribution is 5.26. The second-order valence-electron chi connectivity index (χ2n) is 3.44.